The quantitative estimate of drug-likeness (QED) is 0.153. The Morgan fingerprint density at radius 1 is 0.742 bits per heavy atom. The fourth-order valence-corrected chi connectivity index (χ4v) is 3.69. The van der Waals surface area contributed by atoms with Crippen molar-refractivity contribution in [1.82, 2.24) is 0 Å². The summed E-state index contributed by atoms with van der Waals surface area (Å²) >= 11 is 0. The molecule has 10 atom stereocenters. The largest absolute Gasteiger partial charge is 0.394 e. The molecule has 0 unspecified atom stereocenters. The van der Waals surface area contributed by atoms with Crippen molar-refractivity contribution in [2.75, 3.05) is 19.8 Å². The fourth-order valence-electron chi connectivity index (χ4n) is 3.69. The van der Waals surface area contributed by atoms with Crippen molar-refractivity contribution in [3.8, 4) is 0 Å². The number of ether oxygens (including phenoxy) is 4. The van der Waals surface area contributed by atoms with E-state index in [1.807, 2.05) is 0 Å². The Labute approximate surface area is 182 Å². The van der Waals surface area contributed by atoms with Gasteiger partial charge in [0.2, 0.25) is 0 Å². The van der Waals surface area contributed by atoms with E-state index in [9.17, 15) is 30.6 Å². The van der Waals surface area contributed by atoms with E-state index in [0.29, 0.717) is 6.61 Å². The molecule has 31 heavy (non-hydrogen) atoms. The third-order valence-corrected chi connectivity index (χ3v) is 5.70. The number of hydrogen-bond acceptors (Lipinski definition) is 11. The summed E-state index contributed by atoms with van der Waals surface area (Å²) in [4.78, 5) is 0. The van der Waals surface area contributed by atoms with Crippen LogP contribution in [-0.2, 0) is 18.9 Å². The lowest BCUT2D eigenvalue weighted by atomic mass is 9.99. The molecule has 2 aliphatic heterocycles. The number of aliphatic hydroxyl groups excluding tert-OH is 7. The monoisotopic (exact) mass is 454 g/mol. The van der Waals surface area contributed by atoms with Crippen LogP contribution >= 0.6 is 0 Å². The maximum absolute atomic E-state index is 10.2. The molecular formula is C20H38O11. The van der Waals surface area contributed by atoms with Crippen molar-refractivity contribution < 1.29 is 54.7 Å². The summed E-state index contributed by atoms with van der Waals surface area (Å²) in [5, 5.41) is 69.0. The zero-order valence-corrected chi connectivity index (χ0v) is 17.9. The van der Waals surface area contributed by atoms with Gasteiger partial charge in [-0.2, -0.15) is 0 Å². The highest BCUT2D eigenvalue weighted by Gasteiger charge is 2.48. The second kappa shape index (κ2) is 13.3. The Bertz CT molecular complexity index is 496. The van der Waals surface area contributed by atoms with Crippen LogP contribution < -0.4 is 0 Å². The van der Waals surface area contributed by atoms with Gasteiger partial charge in [-0.25, -0.2) is 0 Å². The highest BCUT2D eigenvalue weighted by molar-refractivity contribution is 4.92. The van der Waals surface area contributed by atoms with Gasteiger partial charge in [-0.1, -0.05) is 39.0 Å². The first-order valence-electron chi connectivity index (χ1n) is 11.0. The predicted molar refractivity (Wildman–Crippen MR) is 106 cm³/mol. The van der Waals surface area contributed by atoms with Crippen LogP contribution in [0.1, 0.15) is 45.4 Å². The molecule has 11 nitrogen and oxygen atoms in total. The molecule has 2 rings (SSSR count). The molecule has 11 heteroatoms. The van der Waals surface area contributed by atoms with Gasteiger partial charge in [0.05, 0.1) is 13.2 Å². The van der Waals surface area contributed by atoms with E-state index >= 15 is 0 Å². The summed E-state index contributed by atoms with van der Waals surface area (Å²) in [5.41, 5.74) is 0. The Morgan fingerprint density at radius 2 is 1.35 bits per heavy atom. The van der Waals surface area contributed by atoms with Crippen molar-refractivity contribution in [3.05, 3.63) is 0 Å². The Hall–Kier alpha value is -0.440. The number of aliphatic hydroxyl groups is 7. The van der Waals surface area contributed by atoms with Crippen molar-refractivity contribution in [1.29, 1.82) is 0 Å². The number of unbranched alkanes of at least 4 members (excludes halogenated alkanes) is 5. The molecule has 0 bridgehead atoms. The number of rotatable bonds is 13. The van der Waals surface area contributed by atoms with Crippen LogP contribution in [0.4, 0.5) is 0 Å². The van der Waals surface area contributed by atoms with Crippen molar-refractivity contribution in [3.63, 3.8) is 0 Å². The standard InChI is InChI=1S/C20H38O11/c1-2-3-4-5-6-7-8-28-19-16(26)14(24)13(23)12(30-19)10-29-20-17(27)15(25)18(31-20)11(22)9-21/h11-27H,2-10H2,1H3/t11-,12-,13-,14+,15-,16-,17-,18+,19+,20-/m1/s1. The van der Waals surface area contributed by atoms with Gasteiger partial charge < -0.3 is 54.7 Å². The maximum Gasteiger partial charge on any atom is 0.186 e. The van der Waals surface area contributed by atoms with Crippen molar-refractivity contribution in [2.24, 2.45) is 0 Å². The number of hydrogen-bond donors (Lipinski definition) is 7. The molecular weight excluding hydrogens is 416 g/mol. The summed E-state index contributed by atoms with van der Waals surface area (Å²) in [6.45, 7) is 1.44. The van der Waals surface area contributed by atoms with E-state index in [4.69, 9.17) is 24.1 Å². The Kier molecular flexibility index (Phi) is 11.5. The molecule has 2 saturated heterocycles. The third kappa shape index (κ3) is 7.27. The Morgan fingerprint density at radius 3 is 2.03 bits per heavy atom. The summed E-state index contributed by atoms with van der Waals surface area (Å²) in [5.74, 6) is 0. The van der Waals surface area contributed by atoms with Gasteiger partial charge in [0, 0.05) is 6.61 Å². The summed E-state index contributed by atoms with van der Waals surface area (Å²) in [6.07, 6.45) is -7.35. The van der Waals surface area contributed by atoms with Crippen LogP contribution in [-0.4, -0.2) is 117 Å². The van der Waals surface area contributed by atoms with Crippen LogP contribution in [0.15, 0.2) is 0 Å². The summed E-state index contributed by atoms with van der Waals surface area (Å²) in [7, 11) is 0. The molecule has 0 aromatic heterocycles. The SMILES string of the molecule is CCCCCCCCO[C@H]1O[C@H](CO[C@@H]2O[C@@H]([C@H](O)CO)[C@H](O)[C@H]2O)[C@@H](O)[C@H](O)[C@H]1O. The average molecular weight is 455 g/mol. The molecule has 2 heterocycles. The minimum atomic E-state index is -1.53. The van der Waals surface area contributed by atoms with E-state index in [1.54, 1.807) is 0 Å². The predicted octanol–water partition coefficient (Wildman–Crippen LogP) is -2.01. The van der Waals surface area contributed by atoms with Gasteiger partial charge in [-0.3, -0.25) is 0 Å². The topological polar surface area (TPSA) is 179 Å². The average Bonchev–Trinajstić information content (AvgIpc) is 3.05. The van der Waals surface area contributed by atoms with Gasteiger partial charge >= 0.3 is 0 Å². The molecule has 0 amide bonds. The van der Waals surface area contributed by atoms with Crippen LogP contribution in [0.2, 0.25) is 0 Å². The Balaban J connectivity index is 1.81. The van der Waals surface area contributed by atoms with Gasteiger partial charge in [0.15, 0.2) is 12.6 Å². The first kappa shape index (κ1) is 26.8. The second-order valence-corrected chi connectivity index (χ2v) is 8.19. The lowest BCUT2D eigenvalue weighted by Crippen LogP contribution is -2.59. The van der Waals surface area contributed by atoms with Gasteiger partial charge in [0.1, 0.15) is 48.8 Å². The first-order chi connectivity index (χ1) is 14.8. The maximum atomic E-state index is 10.2. The molecule has 0 aliphatic carbocycles. The van der Waals surface area contributed by atoms with E-state index in [2.05, 4.69) is 6.92 Å². The smallest absolute Gasteiger partial charge is 0.186 e. The van der Waals surface area contributed by atoms with E-state index < -0.39 is 68.0 Å². The van der Waals surface area contributed by atoms with E-state index in [-0.39, 0.29) is 6.61 Å². The van der Waals surface area contributed by atoms with Crippen LogP contribution in [0.3, 0.4) is 0 Å². The molecule has 0 spiro atoms. The fraction of sp³-hybridized carbons (Fsp3) is 1.00. The zero-order valence-electron chi connectivity index (χ0n) is 17.9. The minimum Gasteiger partial charge on any atom is -0.394 e. The van der Waals surface area contributed by atoms with E-state index in [0.717, 1.165) is 32.1 Å². The highest BCUT2D eigenvalue weighted by Crippen LogP contribution is 2.27. The lowest BCUT2D eigenvalue weighted by molar-refractivity contribution is -0.310. The van der Waals surface area contributed by atoms with Crippen molar-refractivity contribution in [2.45, 2.75) is 107 Å². The molecule has 0 saturated carbocycles. The minimum absolute atomic E-state index is 0.321. The van der Waals surface area contributed by atoms with Crippen LogP contribution in [0.5, 0.6) is 0 Å². The summed E-state index contributed by atoms with van der Waals surface area (Å²) in [6, 6.07) is 0. The third-order valence-electron chi connectivity index (χ3n) is 5.70. The van der Waals surface area contributed by atoms with E-state index in [1.165, 1.54) is 6.42 Å². The normalized spacial score (nSPS) is 39.7. The second-order valence-electron chi connectivity index (χ2n) is 8.19. The molecule has 7 N–H and O–H groups in total. The molecule has 0 aromatic rings. The van der Waals surface area contributed by atoms with Gasteiger partial charge in [-0.15, -0.1) is 0 Å². The summed E-state index contributed by atoms with van der Waals surface area (Å²) < 4.78 is 21.7. The van der Waals surface area contributed by atoms with Gasteiger partial charge in [-0.05, 0) is 6.42 Å². The molecule has 2 aliphatic rings. The molecule has 0 aromatic carbocycles. The van der Waals surface area contributed by atoms with Crippen LogP contribution in [0, 0.1) is 0 Å². The molecule has 0 radical (unpaired) electrons. The zero-order chi connectivity index (χ0) is 23.0. The molecule has 184 valence electrons. The van der Waals surface area contributed by atoms with Gasteiger partial charge in [0.25, 0.3) is 0 Å². The van der Waals surface area contributed by atoms with Crippen molar-refractivity contribution >= 4 is 0 Å². The first-order valence-corrected chi connectivity index (χ1v) is 11.0. The van der Waals surface area contributed by atoms with Crippen LogP contribution in [0.25, 0.3) is 0 Å². The molecule has 2 fully saturated rings. The highest BCUT2D eigenvalue weighted by atomic mass is 16.7. The lowest BCUT2D eigenvalue weighted by Gasteiger charge is -2.40.